The van der Waals surface area contributed by atoms with Crippen molar-refractivity contribution in [3.05, 3.63) is 29.8 Å². The van der Waals surface area contributed by atoms with E-state index in [9.17, 15) is 13.0 Å². The number of nitrogens with zero attached hydrogens (tertiary/aromatic N) is 1. The summed E-state index contributed by atoms with van der Waals surface area (Å²) in [5, 5.41) is 0. The second kappa shape index (κ2) is 14.1. The lowest BCUT2D eigenvalue weighted by molar-refractivity contribution is -0.908. The molecule has 0 saturated heterocycles. The van der Waals surface area contributed by atoms with E-state index in [1.165, 1.54) is 87.6 Å². The molecule has 1 unspecified atom stereocenters. The monoisotopic (exact) mass is 399 g/mol. The molecule has 0 spiro atoms. The Kier molecular flexibility index (Phi) is 13.7. The van der Waals surface area contributed by atoms with Gasteiger partial charge in [0.25, 0.3) is 0 Å². The van der Waals surface area contributed by atoms with Gasteiger partial charge in [0, 0.05) is 0 Å². The molecule has 0 heterocycles. The van der Waals surface area contributed by atoms with Crippen molar-refractivity contribution in [1.82, 2.24) is 0 Å². The summed E-state index contributed by atoms with van der Waals surface area (Å²) in [6.45, 7) is 12.8. The number of benzene rings is 1. The van der Waals surface area contributed by atoms with Crippen molar-refractivity contribution >= 4 is 10.1 Å². The first-order valence-electron chi connectivity index (χ1n) is 10.5. The summed E-state index contributed by atoms with van der Waals surface area (Å²) >= 11 is 0. The number of unbranched alkanes of at least 4 members (excludes halogenated alkanes) is 6. The molecule has 0 radical (unpaired) electrons. The Hall–Kier alpha value is -0.910. The number of hydrogen-bond acceptors (Lipinski definition) is 3. The third-order valence-electron chi connectivity index (χ3n) is 5.18. The predicted octanol–water partition coefficient (Wildman–Crippen LogP) is 5.51. The Morgan fingerprint density at radius 2 is 1.30 bits per heavy atom. The summed E-state index contributed by atoms with van der Waals surface area (Å²) in [7, 11) is -1.84. The lowest BCUT2D eigenvalue weighted by Crippen LogP contribution is -2.45. The van der Waals surface area contributed by atoms with Gasteiger partial charge in [-0.05, 0) is 45.2 Å². The summed E-state index contributed by atoms with van der Waals surface area (Å²) in [4.78, 5) is -0.178. The smallest absolute Gasteiger partial charge is 0.124 e. The number of rotatable bonds is 12. The Morgan fingerprint density at radius 1 is 0.815 bits per heavy atom. The number of quaternary nitrogens is 1. The molecule has 0 aliphatic heterocycles. The second-order valence-corrected chi connectivity index (χ2v) is 9.15. The molecule has 0 fully saturated rings. The van der Waals surface area contributed by atoms with E-state index in [4.69, 9.17) is 0 Å². The van der Waals surface area contributed by atoms with Gasteiger partial charge in [-0.25, -0.2) is 8.42 Å². The molecule has 1 aromatic rings. The van der Waals surface area contributed by atoms with E-state index in [2.05, 4.69) is 27.8 Å². The van der Waals surface area contributed by atoms with E-state index in [1.54, 1.807) is 12.1 Å². The lowest BCUT2D eigenvalue weighted by Gasteiger charge is -2.33. The molecule has 5 heteroatoms. The minimum atomic E-state index is -4.27. The molecule has 0 amide bonds. The van der Waals surface area contributed by atoms with Crippen LogP contribution >= 0.6 is 0 Å². The van der Waals surface area contributed by atoms with Crippen molar-refractivity contribution in [2.75, 3.05) is 26.7 Å². The molecule has 0 bridgehead atoms. The van der Waals surface area contributed by atoms with Crippen molar-refractivity contribution in [2.24, 2.45) is 0 Å². The number of hydrogen-bond donors (Lipinski definition) is 0. The van der Waals surface area contributed by atoms with E-state index in [0.29, 0.717) is 0 Å². The SMILES string of the molecule is CCCCCCCC[N+](C)(CC)CCCC.Cc1ccc(S(=O)(=O)[O-])cc1. The Morgan fingerprint density at radius 3 is 1.78 bits per heavy atom. The van der Waals surface area contributed by atoms with Gasteiger partial charge in [0.05, 0.1) is 31.6 Å². The van der Waals surface area contributed by atoms with Crippen molar-refractivity contribution in [3.63, 3.8) is 0 Å². The molecule has 0 N–H and O–H groups in total. The van der Waals surface area contributed by atoms with Crippen LogP contribution in [0.5, 0.6) is 0 Å². The van der Waals surface area contributed by atoms with Gasteiger partial charge < -0.3 is 9.04 Å². The third kappa shape index (κ3) is 13.0. The Bertz CT molecular complexity index is 584. The van der Waals surface area contributed by atoms with Crippen LogP contribution in [0.3, 0.4) is 0 Å². The first-order valence-corrected chi connectivity index (χ1v) is 12.0. The van der Waals surface area contributed by atoms with Crippen LogP contribution in [0.4, 0.5) is 0 Å². The molecule has 27 heavy (non-hydrogen) atoms. The second-order valence-electron chi connectivity index (χ2n) is 7.77. The summed E-state index contributed by atoms with van der Waals surface area (Å²) < 4.78 is 32.5. The highest BCUT2D eigenvalue weighted by molar-refractivity contribution is 7.85. The molecule has 0 aliphatic carbocycles. The van der Waals surface area contributed by atoms with Gasteiger partial charge in [0.15, 0.2) is 0 Å². The summed E-state index contributed by atoms with van der Waals surface area (Å²) in [6, 6.07) is 5.78. The molecule has 158 valence electrons. The summed E-state index contributed by atoms with van der Waals surface area (Å²) in [5.41, 5.74) is 0.928. The van der Waals surface area contributed by atoms with Crippen molar-refractivity contribution in [1.29, 1.82) is 0 Å². The largest absolute Gasteiger partial charge is 0.744 e. The van der Waals surface area contributed by atoms with Crippen LogP contribution in [0.25, 0.3) is 0 Å². The van der Waals surface area contributed by atoms with Gasteiger partial charge in [-0.1, -0.05) is 63.6 Å². The fraction of sp³-hybridized carbons (Fsp3) is 0.727. The topological polar surface area (TPSA) is 57.2 Å². The van der Waals surface area contributed by atoms with E-state index in [0.717, 1.165) is 5.56 Å². The first kappa shape index (κ1) is 26.1. The zero-order chi connectivity index (χ0) is 20.8. The van der Waals surface area contributed by atoms with Crippen LogP contribution in [0, 0.1) is 6.92 Å². The Balaban J connectivity index is 0.000000533. The maximum atomic E-state index is 10.4. The van der Waals surface area contributed by atoms with Gasteiger partial charge in [-0.2, -0.15) is 0 Å². The van der Waals surface area contributed by atoms with Gasteiger partial charge in [0.1, 0.15) is 10.1 Å². The predicted molar refractivity (Wildman–Crippen MR) is 114 cm³/mol. The van der Waals surface area contributed by atoms with E-state index in [1.807, 2.05) is 6.92 Å². The molecule has 0 saturated carbocycles. The molecule has 1 atom stereocenters. The highest BCUT2D eigenvalue weighted by atomic mass is 32.2. The quantitative estimate of drug-likeness (QED) is 0.264. The molecule has 4 nitrogen and oxygen atoms in total. The maximum Gasteiger partial charge on any atom is 0.124 e. The van der Waals surface area contributed by atoms with Gasteiger partial charge in [0.2, 0.25) is 0 Å². The molecule has 1 aromatic carbocycles. The standard InChI is InChI=1S/C15H34N.C7H8O3S/c1-5-8-10-11-12-13-15-16(4,7-3)14-9-6-2;1-6-2-4-7(5-3-6)11(8,9)10/h5-15H2,1-4H3;2-5H,1H3,(H,8,9,10)/q+1;/p-1. The number of aryl methyl sites for hydroxylation is 1. The van der Waals surface area contributed by atoms with E-state index < -0.39 is 10.1 Å². The third-order valence-corrected chi connectivity index (χ3v) is 6.03. The normalized spacial score (nSPS) is 13.6. The van der Waals surface area contributed by atoms with Gasteiger partial charge >= 0.3 is 0 Å². The minimum absolute atomic E-state index is 0.178. The van der Waals surface area contributed by atoms with Crippen LogP contribution in [0.2, 0.25) is 0 Å². The molecular formula is C22H41NO3S. The average Bonchev–Trinajstić information content (AvgIpc) is 2.63. The fourth-order valence-corrected chi connectivity index (χ4v) is 3.42. The first-order chi connectivity index (χ1) is 12.7. The van der Waals surface area contributed by atoms with Crippen LogP contribution < -0.4 is 0 Å². The highest BCUT2D eigenvalue weighted by Gasteiger charge is 2.17. The maximum absolute atomic E-state index is 10.4. The molecular weight excluding hydrogens is 358 g/mol. The highest BCUT2D eigenvalue weighted by Crippen LogP contribution is 2.11. The summed E-state index contributed by atoms with van der Waals surface area (Å²) in [5.74, 6) is 0. The van der Waals surface area contributed by atoms with Gasteiger partial charge in [-0.15, -0.1) is 0 Å². The Labute approximate surface area is 168 Å². The summed E-state index contributed by atoms with van der Waals surface area (Å²) in [6.07, 6.45) is 11.3. The van der Waals surface area contributed by atoms with Crippen LogP contribution in [0.1, 0.15) is 77.7 Å². The van der Waals surface area contributed by atoms with Crippen LogP contribution in [-0.4, -0.2) is 44.1 Å². The average molecular weight is 400 g/mol. The fourth-order valence-electron chi connectivity index (χ4n) is 2.95. The van der Waals surface area contributed by atoms with Crippen molar-refractivity contribution < 1.29 is 17.5 Å². The lowest BCUT2D eigenvalue weighted by atomic mass is 10.1. The van der Waals surface area contributed by atoms with Crippen molar-refractivity contribution in [3.8, 4) is 0 Å². The molecule has 0 aromatic heterocycles. The van der Waals surface area contributed by atoms with Gasteiger partial charge in [-0.3, -0.25) is 0 Å². The van der Waals surface area contributed by atoms with Crippen LogP contribution in [0.15, 0.2) is 29.2 Å². The van der Waals surface area contributed by atoms with Crippen LogP contribution in [-0.2, 0) is 10.1 Å². The van der Waals surface area contributed by atoms with E-state index >= 15 is 0 Å². The zero-order valence-corrected chi connectivity index (χ0v) is 19.0. The molecule has 1 rings (SSSR count). The molecule has 0 aliphatic rings. The van der Waals surface area contributed by atoms with E-state index in [-0.39, 0.29) is 4.90 Å². The van der Waals surface area contributed by atoms with Crippen molar-refractivity contribution in [2.45, 2.75) is 84.0 Å². The minimum Gasteiger partial charge on any atom is -0.744 e. The zero-order valence-electron chi connectivity index (χ0n) is 18.2.